The fourth-order valence-electron chi connectivity index (χ4n) is 1.93. The Morgan fingerprint density at radius 1 is 1.36 bits per heavy atom. The van der Waals surface area contributed by atoms with Crippen molar-refractivity contribution in [3.63, 3.8) is 0 Å². The summed E-state index contributed by atoms with van der Waals surface area (Å²) in [5.74, 6) is 0.470. The third-order valence-corrected chi connectivity index (χ3v) is 2.61. The van der Waals surface area contributed by atoms with Crippen LogP contribution in [-0.4, -0.2) is 13.3 Å². The molecule has 74 valence electrons. The largest absolute Gasteiger partial charge is 0.453 e. The summed E-state index contributed by atoms with van der Waals surface area (Å²) in [4.78, 5) is 0. The molecule has 2 heterocycles. The Morgan fingerprint density at radius 3 is 3.21 bits per heavy atom. The molecular weight excluding hydrogens is 185 g/mol. The molecule has 0 amide bonds. The summed E-state index contributed by atoms with van der Waals surface area (Å²) in [6.07, 6.45) is 1.93. The van der Waals surface area contributed by atoms with E-state index in [1.54, 1.807) is 0 Å². The van der Waals surface area contributed by atoms with E-state index in [9.17, 15) is 4.39 Å². The zero-order valence-corrected chi connectivity index (χ0v) is 7.60. The van der Waals surface area contributed by atoms with Crippen molar-refractivity contribution in [1.82, 2.24) is 0 Å². The van der Waals surface area contributed by atoms with Gasteiger partial charge in [0.05, 0.1) is 5.69 Å². The predicted molar refractivity (Wildman–Crippen MR) is 49.3 cm³/mol. The second-order valence-corrected chi connectivity index (χ2v) is 3.49. The Kier molecular flexibility index (Phi) is 1.56. The average Bonchev–Trinajstić information content (AvgIpc) is 2.66. The summed E-state index contributed by atoms with van der Waals surface area (Å²) in [6.45, 7) is 0.943. The summed E-state index contributed by atoms with van der Waals surface area (Å²) >= 11 is 0. The molecule has 1 N–H and O–H groups in total. The Morgan fingerprint density at radius 2 is 2.29 bits per heavy atom. The van der Waals surface area contributed by atoms with Crippen LogP contribution in [0.4, 0.5) is 10.1 Å². The van der Waals surface area contributed by atoms with E-state index in [1.165, 1.54) is 0 Å². The smallest absolute Gasteiger partial charge is 0.231 e. The third-order valence-electron chi connectivity index (χ3n) is 2.61. The number of aryl methyl sites for hydroxylation is 1. The monoisotopic (exact) mass is 195 g/mol. The first-order chi connectivity index (χ1) is 6.86. The number of rotatable bonds is 0. The molecule has 1 aromatic rings. The first kappa shape index (κ1) is 7.91. The molecule has 0 spiro atoms. The van der Waals surface area contributed by atoms with Gasteiger partial charge >= 0.3 is 0 Å². The molecule has 2 aliphatic rings. The first-order valence-corrected chi connectivity index (χ1v) is 4.71. The van der Waals surface area contributed by atoms with Gasteiger partial charge in [-0.05, 0) is 24.5 Å². The lowest BCUT2D eigenvalue weighted by Crippen LogP contribution is -2.13. The Hall–Kier alpha value is -1.45. The lowest BCUT2D eigenvalue weighted by Gasteiger charge is -2.19. The molecule has 0 radical (unpaired) electrons. The minimum Gasteiger partial charge on any atom is -0.453 e. The van der Waals surface area contributed by atoms with Gasteiger partial charge in [0, 0.05) is 6.54 Å². The van der Waals surface area contributed by atoms with Crippen molar-refractivity contribution in [1.29, 1.82) is 0 Å². The lowest BCUT2D eigenvalue weighted by atomic mass is 10.0. The summed E-state index contributed by atoms with van der Waals surface area (Å²) in [5, 5.41) is 3.05. The molecular formula is C10H10FNO2. The Balaban J connectivity index is 2.20. The van der Waals surface area contributed by atoms with Gasteiger partial charge in [0.25, 0.3) is 0 Å². The van der Waals surface area contributed by atoms with E-state index in [-0.39, 0.29) is 18.4 Å². The van der Waals surface area contributed by atoms with E-state index in [2.05, 4.69) is 5.32 Å². The maximum atomic E-state index is 13.8. The minimum absolute atomic E-state index is 0.120. The van der Waals surface area contributed by atoms with Gasteiger partial charge in [0.15, 0.2) is 11.6 Å². The van der Waals surface area contributed by atoms with Gasteiger partial charge in [-0.15, -0.1) is 0 Å². The number of nitrogens with one attached hydrogen (secondary N) is 1. The van der Waals surface area contributed by atoms with E-state index in [0.717, 1.165) is 24.9 Å². The van der Waals surface area contributed by atoms with E-state index >= 15 is 0 Å². The van der Waals surface area contributed by atoms with Crippen molar-refractivity contribution in [2.45, 2.75) is 12.8 Å². The molecule has 4 heteroatoms. The molecule has 0 saturated carbocycles. The van der Waals surface area contributed by atoms with Gasteiger partial charge in [-0.1, -0.05) is 0 Å². The Bertz CT molecular complexity index is 392. The van der Waals surface area contributed by atoms with Gasteiger partial charge in [-0.3, -0.25) is 0 Å². The number of benzene rings is 1. The third kappa shape index (κ3) is 0.967. The number of ether oxygens (including phenoxy) is 2. The summed E-state index contributed by atoms with van der Waals surface area (Å²) in [5.41, 5.74) is 1.57. The number of halogens is 1. The molecule has 1 aromatic carbocycles. The van der Waals surface area contributed by atoms with E-state index in [1.807, 2.05) is 6.07 Å². The molecule has 3 nitrogen and oxygen atoms in total. The minimum atomic E-state index is -0.310. The summed E-state index contributed by atoms with van der Waals surface area (Å²) < 4.78 is 24.0. The van der Waals surface area contributed by atoms with Crippen LogP contribution in [0.1, 0.15) is 12.0 Å². The van der Waals surface area contributed by atoms with Crippen LogP contribution in [0, 0.1) is 5.82 Å². The zero-order valence-electron chi connectivity index (χ0n) is 7.60. The quantitative estimate of drug-likeness (QED) is 0.686. The van der Waals surface area contributed by atoms with Crippen LogP contribution < -0.4 is 14.8 Å². The molecule has 14 heavy (non-hydrogen) atoms. The van der Waals surface area contributed by atoms with E-state index in [4.69, 9.17) is 9.47 Å². The van der Waals surface area contributed by atoms with Crippen molar-refractivity contribution >= 4 is 5.69 Å². The van der Waals surface area contributed by atoms with E-state index < -0.39 is 0 Å². The van der Waals surface area contributed by atoms with Crippen molar-refractivity contribution in [2.75, 3.05) is 18.7 Å². The Labute approximate surface area is 80.8 Å². The molecule has 0 bridgehead atoms. The average molecular weight is 195 g/mol. The SMILES string of the molecule is Fc1c2c(cc3c1OCO3)CCCN2. The number of hydrogen-bond acceptors (Lipinski definition) is 3. The molecule has 0 atom stereocenters. The first-order valence-electron chi connectivity index (χ1n) is 4.71. The fourth-order valence-corrected chi connectivity index (χ4v) is 1.93. The maximum absolute atomic E-state index is 13.8. The van der Waals surface area contributed by atoms with Crippen LogP contribution in [0.5, 0.6) is 11.5 Å². The topological polar surface area (TPSA) is 30.5 Å². The zero-order chi connectivity index (χ0) is 9.54. The fraction of sp³-hybridized carbons (Fsp3) is 0.400. The number of hydrogen-bond donors (Lipinski definition) is 1. The van der Waals surface area contributed by atoms with Crippen LogP contribution in [-0.2, 0) is 6.42 Å². The van der Waals surface area contributed by atoms with Crippen LogP contribution in [0.15, 0.2) is 6.07 Å². The van der Waals surface area contributed by atoms with Crippen molar-refractivity contribution in [3.05, 3.63) is 17.4 Å². The molecule has 0 aliphatic carbocycles. The maximum Gasteiger partial charge on any atom is 0.231 e. The van der Waals surface area contributed by atoms with Crippen LogP contribution in [0.3, 0.4) is 0 Å². The highest BCUT2D eigenvalue weighted by molar-refractivity contribution is 5.63. The highest BCUT2D eigenvalue weighted by atomic mass is 19.1. The van der Waals surface area contributed by atoms with Crippen molar-refractivity contribution in [3.8, 4) is 11.5 Å². The highest BCUT2D eigenvalue weighted by Gasteiger charge is 2.25. The van der Waals surface area contributed by atoms with Gasteiger partial charge < -0.3 is 14.8 Å². The molecule has 0 fully saturated rings. The predicted octanol–water partition coefficient (Wildman–Crippen LogP) is 1.91. The van der Waals surface area contributed by atoms with Gasteiger partial charge in [0.2, 0.25) is 12.5 Å². The summed E-state index contributed by atoms with van der Waals surface area (Å²) in [6, 6.07) is 1.87. The van der Waals surface area contributed by atoms with Gasteiger partial charge in [0.1, 0.15) is 0 Å². The van der Waals surface area contributed by atoms with Crippen molar-refractivity contribution < 1.29 is 13.9 Å². The summed E-state index contributed by atoms with van der Waals surface area (Å²) in [7, 11) is 0. The molecule has 0 saturated heterocycles. The highest BCUT2D eigenvalue weighted by Crippen LogP contribution is 2.41. The standard InChI is InChI=1S/C10H10FNO2/c11-8-9-6(2-1-3-12-9)4-7-10(8)14-5-13-7/h4,12H,1-3,5H2. The number of fused-ring (bicyclic) bond motifs is 2. The molecule has 0 aromatic heterocycles. The van der Waals surface area contributed by atoms with E-state index in [0.29, 0.717) is 11.4 Å². The second kappa shape index (κ2) is 2.77. The van der Waals surface area contributed by atoms with Crippen molar-refractivity contribution in [2.24, 2.45) is 0 Å². The van der Waals surface area contributed by atoms with Gasteiger partial charge in [-0.2, -0.15) is 0 Å². The lowest BCUT2D eigenvalue weighted by molar-refractivity contribution is 0.171. The van der Waals surface area contributed by atoms with Crippen LogP contribution in [0.25, 0.3) is 0 Å². The number of anilines is 1. The van der Waals surface area contributed by atoms with Crippen LogP contribution >= 0.6 is 0 Å². The molecule has 0 unspecified atom stereocenters. The normalized spacial score (nSPS) is 17.5. The molecule has 2 aliphatic heterocycles. The van der Waals surface area contributed by atoms with Crippen LogP contribution in [0.2, 0.25) is 0 Å². The van der Waals surface area contributed by atoms with Gasteiger partial charge in [-0.25, -0.2) is 4.39 Å². The second-order valence-electron chi connectivity index (χ2n) is 3.49. The molecule has 3 rings (SSSR count).